The number of hydrogen-bond acceptors (Lipinski definition) is 3. The normalized spacial score (nSPS) is 11.8. The fraction of sp³-hybridized carbons (Fsp3) is 0.0625. The van der Waals surface area contributed by atoms with Crippen LogP contribution in [0.15, 0.2) is 64.0 Å². The van der Waals surface area contributed by atoms with E-state index in [2.05, 4.69) is 21.2 Å². The summed E-state index contributed by atoms with van der Waals surface area (Å²) >= 11 is 3.32. The van der Waals surface area contributed by atoms with Crippen LogP contribution in [0.4, 0.5) is 14.5 Å². The number of nitrogens with one attached hydrogen (secondary N) is 1. The lowest BCUT2D eigenvalue weighted by atomic mass is 10.2. The number of halogens is 3. The molecule has 24 heavy (non-hydrogen) atoms. The molecule has 0 heterocycles. The summed E-state index contributed by atoms with van der Waals surface area (Å²) in [6.45, 7) is 0. The molecule has 1 amide bonds. The second-order valence-electron chi connectivity index (χ2n) is 4.65. The number of rotatable bonds is 5. The molecular weight excluding hydrogens is 404 g/mol. The smallest absolute Gasteiger partial charge is 0.321 e. The van der Waals surface area contributed by atoms with Gasteiger partial charge in [0.25, 0.3) is 0 Å². The van der Waals surface area contributed by atoms with E-state index in [1.54, 1.807) is 18.2 Å². The van der Waals surface area contributed by atoms with Crippen molar-refractivity contribution in [3.05, 3.63) is 64.6 Å². The van der Waals surface area contributed by atoms with Crippen LogP contribution in [0.1, 0.15) is 5.56 Å². The van der Waals surface area contributed by atoms with Crippen LogP contribution in [0.3, 0.4) is 0 Å². The zero-order chi connectivity index (χ0) is 17.7. The van der Waals surface area contributed by atoms with E-state index in [4.69, 9.17) is 0 Å². The number of para-hydroxylation sites is 1. The van der Waals surface area contributed by atoms with Crippen LogP contribution >= 0.6 is 15.9 Å². The van der Waals surface area contributed by atoms with E-state index >= 15 is 0 Å². The molecule has 0 spiro atoms. The Morgan fingerprint density at radius 3 is 2.38 bits per heavy atom. The lowest BCUT2D eigenvalue weighted by Crippen LogP contribution is -2.16. The first-order valence-corrected chi connectivity index (χ1v) is 9.01. The zero-order valence-electron chi connectivity index (χ0n) is 12.1. The lowest BCUT2D eigenvalue weighted by Gasteiger charge is -2.10. The molecule has 8 heteroatoms. The minimum Gasteiger partial charge on any atom is -0.321 e. The molecule has 0 saturated carbocycles. The fourth-order valence-corrected chi connectivity index (χ4v) is 3.17. The van der Waals surface area contributed by atoms with Gasteiger partial charge < -0.3 is 5.32 Å². The average molecular weight is 416 g/mol. The van der Waals surface area contributed by atoms with E-state index in [1.165, 1.54) is 30.4 Å². The highest BCUT2D eigenvalue weighted by Crippen LogP contribution is 2.26. The summed E-state index contributed by atoms with van der Waals surface area (Å²) in [6, 6.07) is 12.2. The first-order chi connectivity index (χ1) is 11.3. The first kappa shape index (κ1) is 18.3. The molecule has 1 N–H and O–H groups in total. The van der Waals surface area contributed by atoms with Gasteiger partial charge in [-0.25, -0.2) is 8.42 Å². The van der Waals surface area contributed by atoms with Gasteiger partial charge in [-0.05, 0) is 29.8 Å². The number of alkyl halides is 2. The van der Waals surface area contributed by atoms with Gasteiger partial charge in [0.15, 0.2) is 0 Å². The van der Waals surface area contributed by atoms with Crippen molar-refractivity contribution in [2.75, 3.05) is 5.32 Å². The molecule has 0 aliphatic rings. The van der Waals surface area contributed by atoms with Gasteiger partial charge in [-0.2, -0.15) is 8.78 Å². The van der Waals surface area contributed by atoms with Crippen molar-refractivity contribution in [1.82, 2.24) is 0 Å². The Morgan fingerprint density at radius 1 is 1.08 bits per heavy atom. The van der Waals surface area contributed by atoms with E-state index in [0.717, 1.165) is 16.1 Å². The predicted octanol–water partition coefficient (Wildman–Crippen LogP) is 4.10. The Hall–Kier alpha value is -2.06. The van der Waals surface area contributed by atoms with Crippen molar-refractivity contribution in [1.29, 1.82) is 0 Å². The summed E-state index contributed by atoms with van der Waals surface area (Å²) in [5.41, 5.74) is 0.542. The van der Waals surface area contributed by atoms with Gasteiger partial charge in [0.2, 0.25) is 15.7 Å². The Morgan fingerprint density at radius 2 is 1.71 bits per heavy atom. The first-order valence-electron chi connectivity index (χ1n) is 6.67. The summed E-state index contributed by atoms with van der Waals surface area (Å²) in [5, 5.41) is 2.31. The number of amides is 1. The maximum Gasteiger partial charge on any atom is 0.341 e. The summed E-state index contributed by atoms with van der Waals surface area (Å²) in [6.07, 6.45) is 2.70. The van der Waals surface area contributed by atoms with Crippen LogP contribution in [0.25, 0.3) is 6.08 Å². The van der Waals surface area contributed by atoms with Gasteiger partial charge in [0, 0.05) is 10.5 Å². The lowest BCUT2D eigenvalue weighted by molar-refractivity contribution is -0.111. The predicted molar refractivity (Wildman–Crippen MR) is 91.4 cm³/mol. The average Bonchev–Trinajstić information content (AvgIpc) is 2.54. The van der Waals surface area contributed by atoms with E-state index in [-0.39, 0.29) is 5.69 Å². The van der Waals surface area contributed by atoms with E-state index < -0.39 is 26.4 Å². The molecular formula is C16H12BrF2NO3S. The summed E-state index contributed by atoms with van der Waals surface area (Å²) in [4.78, 5) is 11.3. The standard InChI is InChI=1S/C16H12BrF2NO3S/c17-12-6-2-1-5-11(12)9-10-15(21)20-13-7-3-4-8-14(13)24(22,23)16(18)19/h1-10,16H,(H,20,21)/b10-9+. The van der Waals surface area contributed by atoms with E-state index in [1.807, 2.05) is 6.07 Å². The van der Waals surface area contributed by atoms with Crippen LogP contribution in [0.5, 0.6) is 0 Å². The Bertz CT molecular complexity index is 882. The molecule has 2 aromatic rings. The van der Waals surface area contributed by atoms with Crippen LogP contribution in [-0.2, 0) is 14.6 Å². The van der Waals surface area contributed by atoms with Crippen molar-refractivity contribution in [3.8, 4) is 0 Å². The van der Waals surface area contributed by atoms with Crippen LogP contribution in [0, 0.1) is 0 Å². The molecule has 0 aliphatic carbocycles. The van der Waals surface area contributed by atoms with Gasteiger partial charge in [-0.3, -0.25) is 4.79 Å². The fourth-order valence-electron chi connectivity index (χ4n) is 1.86. The quantitative estimate of drug-likeness (QED) is 0.747. The van der Waals surface area contributed by atoms with Crippen LogP contribution in [0.2, 0.25) is 0 Å². The second kappa shape index (κ2) is 7.67. The van der Waals surface area contributed by atoms with Gasteiger partial charge in [0.1, 0.15) is 0 Å². The van der Waals surface area contributed by atoms with Crippen LogP contribution < -0.4 is 5.32 Å². The highest BCUT2D eigenvalue weighted by atomic mass is 79.9. The molecule has 0 saturated heterocycles. The molecule has 126 valence electrons. The molecule has 4 nitrogen and oxygen atoms in total. The molecule has 0 aliphatic heterocycles. The molecule has 0 atom stereocenters. The molecule has 0 unspecified atom stereocenters. The second-order valence-corrected chi connectivity index (χ2v) is 7.39. The third-order valence-corrected chi connectivity index (χ3v) is 5.17. The highest BCUT2D eigenvalue weighted by molar-refractivity contribution is 9.10. The number of anilines is 1. The SMILES string of the molecule is O=C(/C=C/c1ccccc1Br)Nc1ccccc1S(=O)(=O)C(F)F. The molecule has 0 aromatic heterocycles. The number of sulfone groups is 1. The summed E-state index contributed by atoms with van der Waals surface area (Å²) in [5.74, 6) is -4.20. The largest absolute Gasteiger partial charge is 0.341 e. The minimum absolute atomic E-state index is 0.195. The Labute approximate surface area is 146 Å². The molecule has 2 aromatic carbocycles. The molecule has 2 rings (SSSR count). The third kappa shape index (κ3) is 4.27. The molecule has 0 radical (unpaired) electrons. The number of benzene rings is 2. The van der Waals surface area contributed by atoms with Gasteiger partial charge in [-0.15, -0.1) is 0 Å². The molecule has 0 bridgehead atoms. The summed E-state index contributed by atoms with van der Waals surface area (Å²) < 4.78 is 49.5. The van der Waals surface area contributed by atoms with Gasteiger partial charge in [0.05, 0.1) is 10.6 Å². The zero-order valence-corrected chi connectivity index (χ0v) is 14.5. The van der Waals surface area contributed by atoms with Crippen molar-refractivity contribution < 1.29 is 22.0 Å². The monoisotopic (exact) mass is 415 g/mol. The van der Waals surface area contributed by atoms with Crippen molar-refractivity contribution in [2.24, 2.45) is 0 Å². The van der Waals surface area contributed by atoms with Crippen molar-refractivity contribution >= 4 is 43.4 Å². The van der Waals surface area contributed by atoms with Gasteiger partial charge in [-0.1, -0.05) is 46.3 Å². The minimum atomic E-state index is -4.81. The molecule has 0 fully saturated rings. The Kier molecular flexibility index (Phi) is 5.84. The maximum atomic E-state index is 12.7. The van der Waals surface area contributed by atoms with Crippen molar-refractivity contribution in [3.63, 3.8) is 0 Å². The van der Waals surface area contributed by atoms with Crippen LogP contribution in [-0.4, -0.2) is 20.1 Å². The number of hydrogen-bond donors (Lipinski definition) is 1. The maximum absolute atomic E-state index is 12.7. The topological polar surface area (TPSA) is 63.2 Å². The summed E-state index contributed by atoms with van der Waals surface area (Å²) in [7, 11) is -4.81. The number of carbonyl (C=O) groups excluding carboxylic acids is 1. The van der Waals surface area contributed by atoms with E-state index in [9.17, 15) is 22.0 Å². The Balaban J connectivity index is 2.23. The van der Waals surface area contributed by atoms with Crippen molar-refractivity contribution in [2.45, 2.75) is 10.7 Å². The van der Waals surface area contributed by atoms with E-state index in [0.29, 0.717) is 0 Å². The number of carbonyl (C=O) groups is 1. The third-order valence-electron chi connectivity index (χ3n) is 3.01. The van der Waals surface area contributed by atoms with Gasteiger partial charge >= 0.3 is 5.76 Å². The highest BCUT2D eigenvalue weighted by Gasteiger charge is 2.29.